The van der Waals surface area contributed by atoms with Gasteiger partial charge in [0.05, 0.1) is 12.6 Å². The van der Waals surface area contributed by atoms with Crippen LogP contribution in [-0.4, -0.2) is 26.4 Å². The lowest BCUT2D eigenvalue weighted by Crippen LogP contribution is -2.05. The van der Waals surface area contributed by atoms with Crippen LogP contribution >= 0.6 is 12.2 Å². The van der Waals surface area contributed by atoms with E-state index in [9.17, 15) is 0 Å². The molecule has 2 aromatic heterocycles. The van der Waals surface area contributed by atoms with Gasteiger partial charge in [0, 0.05) is 31.9 Å². The molecule has 3 aromatic rings. The van der Waals surface area contributed by atoms with Gasteiger partial charge in [-0.2, -0.15) is 5.10 Å². The molecule has 0 radical (unpaired) electrons. The molecule has 2 heterocycles. The number of aromatic amines is 1. The number of hydrogen-bond donors (Lipinski definition) is 1. The molecule has 0 amide bonds. The van der Waals surface area contributed by atoms with E-state index >= 15 is 0 Å². The smallest absolute Gasteiger partial charge is 0.178 e. The van der Waals surface area contributed by atoms with E-state index in [1.54, 1.807) is 7.11 Å². The van der Waals surface area contributed by atoms with Crippen LogP contribution in [0, 0.1) is 4.77 Å². The maximum atomic E-state index is 5.42. The normalized spacial score (nSPS) is 11.1. The lowest BCUT2D eigenvalue weighted by atomic mass is 10.2. The summed E-state index contributed by atoms with van der Waals surface area (Å²) in [4.78, 5) is 3.22. The highest BCUT2D eigenvalue weighted by Crippen LogP contribution is 2.24. The third-order valence-corrected chi connectivity index (χ3v) is 3.83. The van der Waals surface area contributed by atoms with Crippen molar-refractivity contribution in [2.24, 2.45) is 7.05 Å². The molecule has 0 aliphatic carbocycles. The minimum Gasteiger partial charge on any atom is -0.494 e. The number of methoxy groups -OCH3 is 1. The molecule has 0 bridgehead atoms. The predicted molar refractivity (Wildman–Crippen MR) is 80.6 cm³/mol. The zero-order valence-electron chi connectivity index (χ0n) is 11.5. The van der Waals surface area contributed by atoms with Crippen LogP contribution in [0.2, 0.25) is 0 Å². The van der Waals surface area contributed by atoms with E-state index in [4.69, 9.17) is 17.0 Å². The minimum absolute atomic E-state index is 0.715. The van der Waals surface area contributed by atoms with Crippen LogP contribution in [0.15, 0.2) is 30.5 Å². The highest BCUT2D eigenvalue weighted by Gasteiger charge is 2.09. The molecule has 0 spiro atoms. The quantitative estimate of drug-likeness (QED) is 0.751. The Bertz CT molecular complexity index is 799. The van der Waals surface area contributed by atoms with Gasteiger partial charge in [0.2, 0.25) is 0 Å². The number of benzene rings is 1. The molecule has 104 valence electrons. The predicted octanol–water partition coefficient (Wildman–Crippen LogP) is 2.68. The molecule has 6 heteroatoms. The second kappa shape index (κ2) is 5.13. The first-order chi connectivity index (χ1) is 9.70. The van der Waals surface area contributed by atoms with Gasteiger partial charge in [-0.05, 0) is 30.4 Å². The number of nitrogens with one attached hydrogen (secondary N) is 1. The molecule has 0 atom stereocenters. The van der Waals surface area contributed by atoms with E-state index in [0.717, 1.165) is 29.7 Å². The lowest BCUT2D eigenvalue weighted by Gasteiger charge is -2.06. The summed E-state index contributed by atoms with van der Waals surface area (Å²) in [6, 6.07) is 7.98. The van der Waals surface area contributed by atoms with Crippen LogP contribution in [0.4, 0.5) is 0 Å². The number of aromatic nitrogens is 4. The van der Waals surface area contributed by atoms with Gasteiger partial charge in [0.25, 0.3) is 0 Å². The SMILES string of the molecule is COc1cccc2c1[nH]c(=S)n2CCc1ccnn1C. The lowest BCUT2D eigenvalue weighted by molar-refractivity contribution is 0.419. The van der Waals surface area contributed by atoms with Gasteiger partial charge < -0.3 is 14.3 Å². The highest BCUT2D eigenvalue weighted by atomic mass is 32.1. The number of ether oxygens (including phenoxy) is 1. The average Bonchev–Trinajstić information content (AvgIpc) is 2.99. The topological polar surface area (TPSA) is 47.8 Å². The summed E-state index contributed by atoms with van der Waals surface area (Å²) in [5.41, 5.74) is 3.20. The van der Waals surface area contributed by atoms with Crippen molar-refractivity contribution < 1.29 is 4.74 Å². The van der Waals surface area contributed by atoms with Crippen molar-refractivity contribution in [3.8, 4) is 5.75 Å². The van der Waals surface area contributed by atoms with Crippen LogP contribution < -0.4 is 4.74 Å². The van der Waals surface area contributed by atoms with E-state index in [-0.39, 0.29) is 0 Å². The number of hydrogen-bond acceptors (Lipinski definition) is 3. The number of H-pyrrole nitrogens is 1. The van der Waals surface area contributed by atoms with E-state index in [1.165, 1.54) is 5.69 Å². The molecule has 1 aromatic carbocycles. The third kappa shape index (κ3) is 2.12. The molecule has 0 saturated carbocycles. The molecule has 1 N–H and O–H groups in total. The van der Waals surface area contributed by atoms with Crippen molar-refractivity contribution in [1.29, 1.82) is 0 Å². The van der Waals surface area contributed by atoms with Crippen molar-refractivity contribution in [3.63, 3.8) is 0 Å². The number of para-hydroxylation sites is 1. The summed E-state index contributed by atoms with van der Waals surface area (Å²) in [7, 11) is 3.62. The summed E-state index contributed by atoms with van der Waals surface area (Å²) in [6.45, 7) is 0.811. The minimum atomic E-state index is 0.715. The Balaban J connectivity index is 1.98. The van der Waals surface area contributed by atoms with Crippen LogP contribution in [0.5, 0.6) is 5.75 Å². The zero-order chi connectivity index (χ0) is 14.1. The Morgan fingerprint density at radius 1 is 1.35 bits per heavy atom. The Kier molecular flexibility index (Phi) is 3.31. The van der Waals surface area contributed by atoms with Crippen LogP contribution in [0.1, 0.15) is 5.69 Å². The summed E-state index contributed by atoms with van der Waals surface area (Å²) < 4.78 is 10.1. The molecule has 0 fully saturated rings. The Labute approximate surface area is 121 Å². The second-order valence-corrected chi connectivity index (χ2v) is 5.02. The molecule has 0 aliphatic rings. The monoisotopic (exact) mass is 288 g/mol. The summed E-state index contributed by atoms with van der Waals surface area (Å²) >= 11 is 5.42. The Hall–Kier alpha value is -2.08. The number of nitrogens with zero attached hydrogens (tertiary/aromatic N) is 3. The first-order valence-corrected chi connectivity index (χ1v) is 6.84. The molecule has 20 heavy (non-hydrogen) atoms. The van der Waals surface area contributed by atoms with E-state index in [0.29, 0.717) is 4.77 Å². The van der Waals surface area contributed by atoms with Crippen molar-refractivity contribution in [2.45, 2.75) is 13.0 Å². The van der Waals surface area contributed by atoms with Crippen molar-refractivity contribution >= 4 is 23.3 Å². The molecular formula is C14H16N4OS. The van der Waals surface area contributed by atoms with Gasteiger partial charge in [-0.15, -0.1) is 0 Å². The van der Waals surface area contributed by atoms with Gasteiger partial charge in [-0.25, -0.2) is 0 Å². The van der Waals surface area contributed by atoms with Crippen LogP contribution in [-0.2, 0) is 20.0 Å². The van der Waals surface area contributed by atoms with Crippen LogP contribution in [0.25, 0.3) is 11.0 Å². The second-order valence-electron chi connectivity index (χ2n) is 4.63. The molecule has 0 saturated heterocycles. The molecule has 5 nitrogen and oxygen atoms in total. The molecule has 3 rings (SSSR count). The van der Waals surface area contributed by atoms with E-state index in [2.05, 4.69) is 14.6 Å². The van der Waals surface area contributed by atoms with Gasteiger partial charge in [0.1, 0.15) is 11.3 Å². The van der Waals surface area contributed by atoms with Crippen LogP contribution in [0.3, 0.4) is 0 Å². The standard InChI is InChI=1S/C14H16N4OS/c1-17-10(6-8-15-17)7-9-18-11-4-3-5-12(19-2)13(11)16-14(18)20/h3-6,8H,7,9H2,1-2H3,(H,16,20). The van der Waals surface area contributed by atoms with E-state index < -0.39 is 0 Å². The number of rotatable bonds is 4. The Morgan fingerprint density at radius 2 is 2.20 bits per heavy atom. The molecular weight excluding hydrogens is 272 g/mol. The van der Waals surface area contributed by atoms with Gasteiger partial charge in [-0.3, -0.25) is 4.68 Å². The summed E-state index contributed by atoms with van der Waals surface area (Å²) in [5.74, 6) is 0.813. The van der Waals surface area contributed by atoms with Gasteiger partial charge >= 0.3 is 0 Å². The van der Waals surface area contributed by atoms with Gasteiger partial charge in [-0.1, -0.05) is 6.07 Å². The molecule has 0 unspecified atom stereocenters. The van der Waals surface area contributed by atoms with Gasteiger partial charge in [0.15, 0.2) is 4.77 Å². The first-order valence-electron chi connectivity index (χ1n) is 6.43. The zero-order valence-corrected chi connectivity index (χ0v) is 12.3. The van der Waals surface area contributed by atoms with E-state index in [1.807, 2.05) is 42.2 Å². The van der Waals surface area contributed by atoms with Crippen molar-refractivity contribution in [1.82, 2.24) is 19.3 Å². The fourth-order valence-electron chi connectivity index (χ4n) is 2.42. The Morgan fingerprint density at radius 3 is 2.90 bits per heavy atom. The summed E-state index contributed by atoms with van der Waals surface area (Å²) in [6.07, 6.45) is 2.70. The summed E-state index contributed by atoms with van der Waals surface area (Å²) in [5, 5.41) is 4.18. The fraction of sp³-hybridized carbons (Fsp3) is 0.286. The molecule has 0 aliphatic heterocycles. The maximum Gasteiger partial charge on any atom is 0.178 e. The number of aryl methyl sites for hydroxylation is 3. The largest absolute Gasteiger partial charge is 0.494 e. The third-order valence-electron chi connectivity index (χ3n) is 3.51. The average molecular weight is 288 g/mol. The number of fused-ring (bicyclic) bond motifs is 1. The fourth-order valence-corrected chi connectivity index (χ4v) is 2.71. The first kappa shape index (κ1) is 12.9. The van der Waals surface area contributed by atoms with Crippen molar-refractivity contribution in [3.05, 3.63) is 40.9 Å². The number of imidazole rings is 1. The van der Waals surface area contributed by atoms with Crippen molar-refractivity contribution in [2.75, 3.05) is 7.11 Å². The maximum absolute atomic E-state index is 5.42. The highest BCUT2D eigenvalue weighted by molar-refractivity contribution is 7.71.